The molecule has 3 rings (SSSR count). The highest BCUT2D eigenvalue weighted by molar-refractivity contribution is 6.14. The molecule has 0 amide bonds. The predicted molar refractivity (Wildman–Crippen MR) is 95.9 cm³/mol. The van der Waals surface area contributed by atoms with Crippen LogP contribution in [0.15, 0.2) is 42.5 Å². The van der Waals surface area contributed by atoms with Gasteiger partial charge in [-0.15, -0.1) is 0 Å². The van der Waals surface area contributed by atoms with Crippen LogP contribution in [0.5, 0.6) is 5.75 Å². The maximum absolute atomic E-state index is 12.8. The van der Waals surface area contributed by atoms with Gasteiger partial charge in [0.25, 0.3) is 0 Å². The second-order valence-corrected chi connectivity index (χ2v) is 6.02. The van der Waals surface area contributed by atoms with Crippen molar-refractivity contribution in [1.82, 2.24) is 0 Å². The molecule has 0 aromatic heterocycles. The molecular weight excluding hydrogens is 318 g/mol. The van der Waals surface area contributed by atoms with E-state index in [0.29, 0.717) is 17.9 Å². The molecule has 5 nitrogen and oxygen atoms in total. The Labute approximate surface area is 146 Å². The van der Waals surface area contributed by atoms with Gasteiger partial charge in [0.15, 0.2) is 5.78 Å². The Morgan fingerprint density at radius 3 is 2.32 bits per heavy atom. The fourth-order valence-electron chi connectivity index (χ4n) is 3.11. The zero-order chi connectivity index (χ0) is 17.8. The number of hydrogen-bond acceptors (Lipinski definition) is 4. The first kappa shape index (κ1) is 17.0. The van der Waals surface area contributed by atoms with Crippen molar-refractivity contribution in [3.63, 3.8) is 0 Å². The van der Waals surface area contributed by atoms with Crippen molar-refractivity contribution in [2.24, 2.45) is 0 Å². The molecule has 1 N–H and O–H groups in total. The molecule has 1 fully saturated rings. The Morgan fingerprint density at radius 2 is 1.72 bits per heavy atom. The molecule has 0 atom stereocenters. The van der Waals surface area contributed by atoms with Crippen LogP contribution in [0.25, 0.3) is 0 Å². The molecule has 130 valence electrons. The van der Waals surface area contributed by atoms with E-state index in [9.17, 15) is 14.7 Å². The van der Waals surface area contributed by atoms with E-state index >= 15 is 0 Å². The standard InChI is InChI=1S/C20H21NO4/c1-2-25-16-9-10-17(18(13-16)20(23)24)19(22)14-5-7-15(8-6-14)21-11-3-4-12-21/h5-10,13H,2-4,11-12H2,1H3,(H,23,24). The van der Waals surface area contributed by atoms with Crippen molar-refractivity contribution >= 4 is 17.4 Å². The normalized spacial score (nSPS) is 13.7. The summed E-state index contributed by atoms with van der Waals surface area (Å²) in [7, 11) is 0. The second kappa shape index (κ2) is 7.38. The molecular formula is C20H21NO4. The maximum Gasteiger partial charge on any atom is 0.336 e. The van der Waals surface area contributed by atoms with Crippen LogP contribution < -0.4 is 9.64 Å². The number of carbonyl (C=O) groups is 2. The quantitative estimate of drug-likeness (QED) is 0.814. The van der Waals surface area contributed by atoms with Crippen LogP contribution >= 0.6 is 0 Å². The van der Waals surface area contributed by atoms with Crippen LogP contribution in [0.1, 0.15) is 46.0 Å². The average molecular weight is 339 g/mol. The van der Waals surface area contributed by atoms with Gasteiger partial charge >= 0.3 is 5.97 Å². The molecule has 0 aliphatic carbocycles. The van der Waals surface area contributed by atoms with E-state index in [1.165, 1.54) is 25.0 Å². The number of benzene rings is 2. The second-order valence-electron chi connectivity index (χ2n) is 6.02. The zero-order valence-corrected chi connectivity index (χ0v) is 14.2. The number of ether oxygens (including phenoxy) is 1. The van der Waals surface area contributed by atoms with Crippen molar-refractivity contribution in [3.8, 4) is 5.75 Å². The Hall–Kier alpha value is -2.82. The van der Waals surface area contributed by atoms with Crippen LogP contribution in [0.2, 0.25) is 0 Å². The summed E-state index contributed by atoms with van der Waals surface area (Å²) in [6.07, 6.45) is 2.38. The number of hydrogen-bond donors (Lipinski definition) is 1. The number of nitrogens with zero attached hydrogens (tertiary/aromatic N) is 1. The molecule has 2 aromatic rings. The minimum absolute atomic E-state index is 0.0421. The summed E-state index contributed by atoms with van der Waals surface area (Å²) in [4.78, 5) is 26.6. The third kappa shape index (κ3) is 3.65. The third-order valence-electron chi connectivity index (χ3n) is 4.38. The number of carboxylic acids is 1. The van der Waals surface area contributed by atoms with E-state index in [-0.39, 0.29) is 16.9 Å². The smallest absolute Gasteiger partial charge is 0.336 e. The van der Waals surface area contributed by atoms with Gasteiger partial charge in [-0.2, -0.15) is 0 Å². The topological polar surface area (TPSA) is 66.8 Å². The maximum atomic E-state index is 12.8. The van der Waals surface area contributed by atoms with Gasteiger partial charge in [-0.25, -0.2) is 4.79 Å². The van der Waals surface area contributed by atoms with E-state index in [4.69, 9.17) is 4.74 Å². The summed E-state index contributed by atoms with van der Waals surface area (Å²) in [5.41, 5.74) is 1.71. The van der Waals surface area contributed by atoms with Gasteiger partial charge < -0.3 is 14.7 Å². The van der Waals surface area contributed by atoms with Gasteiger partial charge in [0.1, 0.15) is 5.75 Å². The van der Waals surface area contributed by atoms with Gasteiger partial charge in [0.2, 0.25) is 0 Å². The van der Waals surface area contributed by atoms with E-state index in [0.717, 1.165) is 18.8 Å². The van der Waals surface area contributed by atoms with E-state index in [1.807, 2.05) is 19.1 Å². The lowest BCUT2D eigenvalue weighted by atomic mass is 9.98. The average Bonchev–Trinajstić information content (AvgIpc) is 3.16. The van der Waals surface area contributed by atoms with E-state index in [2.05, 4.69) is 4.90 Å². The Balaban J connectivity index is 1.88. The van der Waals surface area contributed by atoms with Gasteiger partial charge in [0.05, 0.1) is 12.2 Å². The number of anilines is 1. The first-order chi connectivity index (χ1) is 12.1. The zero-order valence-electron chi connectivity index (χ0n) is 14.2. The Morgan fingerprint density at radius 1 is 1.04 bits per heavy atom. The summed E-state index contributed by atoms with van der Waals surface area (Å²) in [6, 6.07) is 11.9. The predicted octanol–water partition coefficient (Wildman–Crippen LogP) is 3.61. The first-order valence-corrected chi connectivity index (χ1v) is 8.50. The van der Waals surface area contributed by atoms with Crippen LogP contribution in [-0.4, -0.2) is 36.6 Å². The van der Waals surface area contributed by atoms with Gasteiger partial charge in [0, 0.05) is 29.9 Å². The Bertz CT molecular complexity index is 777. The first-order valence-electron chi connectivity index (χ1n) is 8.50. The monoisotopic (exact) mass is 339 g/mol. The molecule has 0 radical (unpaired) electrons. The highest BCUT2D eigenvalue weighted by atomic mass is 16.5. The van der Waals surface area contributed by atoms with Gasteiger partial charge in [-0.3, -0.25) is 4.79 Å². The molecule has 25 heavy (non-hydrogen) atoms. The van der Waals surface area contributed by atoms with Crippen molar-refractivity contribution in [2.45, 2.75) is 19.8 Å². The summed E-state index contributed by atoms with van der Waals surface area (Å²) < 4.78 is 5.33. The van der Waals surface area contributed by atoms with Crippen LogP contribution in [-0.2, 0) is 0 Å². The fourth-order valence-corrected chi connectivity index (χ4v) is 3.11. The number of aromatic carboxylic acids is 1. The molecule has 0 saturated carbocycles. The van der Waals surface area contributed by atoms with Crippen molar-refractivity contribution in [3.05, 3.63) is 59.2 Å². The number of ketones is 1. The highest BCUT2D eigenvalue weighted by Gasteiger charge is 2.20. The molecule has 5 heteroatoms. The number of carbonyl (C=O) groups excluding carboxylic acids is 1. The molecule has 0 unspecified atom stereocenters. The molecule has 2 aromatic carbocycles. The molecule has 0 bridgehead atoms. The third-order valence-corrected chi connectivity index (χ3v) is 4.38. The summed E-state index contributed by atoms with van der Waals surface area (Å²) in [6.45, 7) is 4.33. The summed E-state index contributed by atoms with van der Waals surface area (Å²) in [5, 5.41) is 9.43. The minimum Gasteiger partial charge on any atom is -0.494 e. The van der Waals surface area contributed by atoms with Gasteiger partial charge in [-0.1, -0.05) is 0 Å². The lowest BCUT2D eigenvalue weighted by molar-refractivity contribution is 0.0692. The molecule has 1 aliphatic rings. The lowest BCUT2D eigenvalue weighted by Crippen LogP contribution is -2.17. The SMILES string of the molecule is CCOc1ccc(C(=O)c2ccc(N3CCCC3)cc2)c(C(=O)O)c1. The van der Waals surface area contributed by atoms with Crippen LogP contribution in [0.3, 0.4) is 0 Å². The molecule has 0 spiro atoms. The minimum atomic E-state index is -1.14. The number of rotatable bonds is 6. The highest BCUT2D eigenvalue weighted by Crippen LogP contribution is 2.24. The molecule has 1 aliphatic heterocycles. The van der Waals surface area contributed by atoms with Gasteiger partial charge in [-0.05, 0) is 62.2 Å². The Kier molecular flexibility index (Phi) is 5.03. The molecule has 1 saturated heterocycles. The molecule has 1 heterocycles. The fraction of sp³-hybridized carbons (Fsp3) is 0.300. The van der Waals surface area contributed by atoms with Crippen LogP contribution in [0.4, 0.5) is 5.69 Å². The van der Waals surface area contributed by atoms with Crippen molar-refractivity contribution in [1.29, 1.82) is 0 Å². The van der Waals surface area contributed by atoms with E-state index in [1.54, 1.807) is 18.2 Å². The number of carboxylic acid groups (broad SMARTS) is 1. The largest absolute Gasteiger partial charge is 0.494 e. The van der Waals surface area contributed by atoms with E-state index < -0.39 is 5.97 Å². The van der Waals surface area contributed by atoms with Crippen molar-refractivity contribution < 1.29 is 19.4 Å². The van der Waals surface area contributed by atoms with Crippen LogP contribution in [0, 0.1) is 0 Å². The summed E-state index contributed by atoms with van der Waals surface area (Å²) in [5.74, 6) is -0.993. The summed E-state index contributed by atoms with van der Waals surface area (Å²) >= 11 is 0. The lowest BCUT2D eigenvalue weighted by Gasteiger charge is -2.17. The van der Waals surface area contributed by atoms with Crippen molar-refractivity contribution in [2.75, 3.05) is 24.6 Å².